The van der Waals surface area contributed by atoms with E-state index in [2.05, 4.69) is 46.4 Å². The number of fused-ring (bicyclic) bond motifs is 1. The van der Waals surface area contributed by atoms with Gasteiger partial charge in [0.1, 0.15) is 0 Å². The summed E-state index contributed by atoms with van der Waals surface area (Å²) in [5, 5.41) is 4.66. The molecule has 3 nitrogen and oxygen atoms in total. The Hall–Kier alpha value is -1.45. The number of hydrogen-bond acceptors (Lipinski definition) is 3. The normalized spacial score (nSPS) is 21.3. The van der Waals surface area contributed by atoms with E-state index in [-0.39, 0.29) is 0 Å². The molecule has 3 rings (SSSR count). The van der Waals surface area contributed by atoms with Gasteiger partial charge in [-0.2, -0.15) is 0 Å². The van der Waals surface area contributed by atoms with E-state index in [0.29, 0.717) is 6.04 Å². The molecule has 94 valence electrons. The van der Waals surface area contributed by atoms with Crippen LogP contribution in [0.25, 0.3) is 10.9 Å². The lowest BCUT2D eigenvalue weighted by molar-refractivity contribution is 0.165. The number of pyridine rings is 1. The van der Waals surface area contributed by atoms with E-state index in [1.54, 1.807) is 0 Å². The topological polar surface area (TPSA) is 28.2 Å². The van der Waals surface area contributed by atoms with Crippen molar-refractivity contribution >= 4 is 10.9 Å². The van der Waals surface area contributed by atoms with Gasteiger partial charge in [-0.05, 0) is 30.7 Å². The molecule has 0 aliphatic carbocycles. The molecule has 1 aromatic carbocycles. The van der Waals surface area contributed by atoms with Gasteiger partial charge in [0.05, 0.1) is 5.52 Å². The Balaban J connectivity index is 1.81. The fraction of sp³-hybridized carbons (Fsp3) is 0.400. The Morgan fingerprint density at radius 1 is 1.39 bits per heavy atom. The second kappa shape index (κ2) is 5.04. The highest BCUT2D eigenvalue weighted by Gasteiger charge is 2.17. The number of rotatable bonds is 2. The molecule has 3 heteroatoms. The summed E-state index contributed by atoms with van der Waals surface area (Å²) >= 11 is 0. The maximum absolute atomic E-state index is 4.36. The smallest absolute Gasteiger partial charge is 0.0702 e. The standard InChI is InChI=1S/C15H19N3/c1-12-10-16-7-8-18(12)11-13-4-5-15-14(9-13)3-2-6-17-15/h2-6,9,12,16H,7-8,10-11H2,1H3. The molecule has 1 aliphatic rings. The van der Waals surface area contributed by atoms with Crippen molar-refractivity contribution in [2.75, 3.05) is 19.6 Å². The Labute approximate surface area is 108 Å². The molecule has 1 N–H and O–H groups in total. The molecule has 1 atom stereocenters. The summed E-state index contributed by atoms with van der Waals surface area (Å²) < 4.78 is 0. The molecule has 2 heterocycles. The number of aromatic nitrogens is 1. The number of nitrogens with one attached hydrogen (secondary N) is 1. The van der Waals surface area contributed by atoms with Crippen molar-refractivity contribution < 1.29 is 0 Å². The lowest BCUT2D eigenvalue weighted by atomic mass is 10.1. The largest absolute Gasteiger partial charge is 0.314 e. The third-order valence-corrected chi connectivity index (χ3v) is 3.69. The van der Waals surface area contributed by atoms with E-state index in [9.17, 15) is 0 Å². The third kappa shape index (κ3) is 2.37. The van der Waals surface area contributed by atoms with Crippen molar-refractivity contribution in [1.29, 1.82) is 0 Å². The second-order valence-corrected chi connectivity index (χ2v) is 5.05. The minimum Gasteiger partial charge on any atom is -0.314 e. The maximum Gasteiger partial charge on any atom is 0.0702 e. The van der Waals surface area contributed by atoms with E-state index in [0.717, 1.165) is 31.7 Å². The lowest BCUT2D eigenvalue weighted by Crippen LogP contribution is -2.49. The van der Waals surface area contributed by atoms with Gasteiger partial charge in [0.2, 0.25) is 0 Å². The van der Waals surface area contributed by atoms with Gasteiger partial charge in [0.25, 0.3) is 0 Å². The molecule has 0 radical (unpaired) electrons. The number of hydrogen-bond donors (Lipinski definition) is 1. The molecular formula is C15H19N3. The molecule has 1 aliphatic heterocycles. The molecule has 0 amide bonds. The Bertz CT molecular complexity index is 538. The van der Waals surface area contributed by atoms with Gasteiger partial charge in [-0.3, -0.25) is 9.88 Å². The predicted octanol–water partition coefficient (Wildman–Crippen LogP) is 2.03. The molecular weight excluding hydrogens is 222 g/mol. The highest BCUT2D eigenvalue weighted by atomic mass is 15.2. The second-order valence-electron chi connectivity index (χ2n) is 5.05. The lowest BCUT2D eigenvalue weighted by Gasteiger charge is -2.33. The van der Waals surface area contributed by atoms with E-state index in [1.165, 1.54) is 10.9 Å². The van der Waals surface area contributed by atoms with Crippen LogP contribution in [0.2, 0.25) is 0 Å². The molecule has 1 aromatic heterocycles. The zero-order chi connectivity index (χ0) is 12.4. The van der Waals surface area contributed by atoms with Crippen LogP contribution < -0.4 is 5.32 Å². The minimum atomic E-state index is 0.614. The van der Waals surface area contributed by atoms with Gasteiger partial charge < -0.3 is 5.32 Å². The first-order chi connectivity index (χ1) is 8.83. The van der Waals surface area contributed by atoms with Crippen molar-refractivity contribution in [3.63, 3.8) is 0 Å². The molecule has 0 spiro atoms. The molecule has 18 heavy (non-hydrogen) atoms. The molecule has 2 aromatic rings. The maximum atomic E-state index is 4.36. The average Bonchev–Trinajstić information content (AvgIpc) is 2.41. The first kappa shape index (κ1) is 11.6. The summed E-state index contributed by atoms with van der Waals surface area (Å²) in [6, 6.07) is 11.3. The summed E-state index contributed by atoms with van der Waals surface area (Å²) in [6.07, 6.45) is 1.85. The van der Waals surface area contributed by atoms with Gasteiger partial charge in [0, 0.05) is 43.8 Å². The molecule has 1 unspecified atom stereocenters. The van der Waals surface area contributed by atoms with Crippen LogP contribution in [0.4, 0.5) is 0 Å². The molecule has 1 saturated heterocycles. The highest BCUT2D eigenvalue weighted by molar-refractivity contribution is 5.78. The van der Waals surface area contributed by atoms with Crippen LogP contribution in [0, 0.1) is 0 Å². The number of benzene rings is 1. The van der Waals surface area contributed by atoms with E-state index in [1.807, 2.05) is 12.3 Å². The molecule has 1 fully saturated rings. The summed E-state index contributed by atoms with van der Waals surface area (Å²) in [5.74, 6) is 0. The van der Waals surface area contributed by atoms with Crippen LogP contribution in [-0.2, 0) is 6.54 Å². The average molecular weight is 241 g/mol. The fourth-order valence-electron chi connectivity index (χ4n) is 2.58. The van der Waals surface area contributed by atoms with Crippen LogP contribution in [-0.4, -0.2) is 35.6 Å². The van der Waals surface area contributed by atoms with Crippen molar-refractivity contribution in [2.45, 2.75) is 19.5 Å². The zero-order valence-electron chi connectivity index (χ0n) is 10.8. The molecule has 0 bridgehead atoms. The Kier molecular flexibility index (Phi) is 3.26. The van der Waals surface area contributed by atoms with Crippen LogP contribution >= 0.6 is 0 Å². The summed E-state index contributed by atoms with van der Waals surface area (Å²) in [7, 11) is 0. The van der Waals surface area contributed by atoms with Crippen LogP contribution in [0.15, 0.2) is 36.5 Å². The number of piperazine rings is 1. The van der Waals surface area contributed by atoms with Gasteiger partial charge in [-0.1, -0.05) is 12.1 Å². The van der Waals surface area contributed by atoms with Gasteiger partial charge in [-0.15, -0.1) is 0 Å². The van der Waals surface area contributed by atoms with Crippen LogP contribution in [0.5, 0.6) is 0 Å². The fourth-order valence-corrected chi connectivity index (χ4v) is 2.58. The van der Waals surface area contributed by atoms with Crippen molar-refractivity contribution in [1.82, 2.24) is 15.2 Å². The van der Waals surface area contributed by atoms with Gasteiger partial charge in [0.15, 0.2) is 0 Å². The SMILES string of the molecule is CC1CNCCN1Cc1ccc2ncccc2c1. The Morgan fingerprint density at radius 2 is 2.33 bits per heavy atom. The summed E-state index contributed by atoms with van der Waals surface area (Å²) in [4.78, 5) is 6.90. The van der Waals surface area contributed by atoms with Gasteiger partial charge in [-0.25, -0.2) is 0 Å². The van der Waals surface area contributed by atoms with Crippen LogP contribution in [0.1, 0.15) is 12.5 Å². The predicted molar refractivity (Wildman–Crippen MR) is 74.5 cm³/mol. The van der Waals surface area contributed by atoms with E-state index < -0.39 is 0 Å². The molecule has 0 saturated carbocycles. The van der Waals surface area contributed by atoms with E-state index >= 15 is 0 Å². The number of nitrogens with zero attached hydrogens (tertiary/aromatic N) is 2. The van der Waals surface area contributed by atoms with Crippen molar-refractivity contribution in [3.05, 3.63) is 42.1 Å². The minimum absolute atomic E-state index is 0.614. The quantitative estimate of drug-likeness (QED) is 0.872. The highest BCUT2D eigenvalue weighted by Crippen LogP contribution is 2.16. The Morgan fingerprint density at radius 3 is 3.22 bits per heavy atom. The summed E-state index contributed by atoms with van der Waals surface area (Å²) in [6.45, 7) is 6.64. The van der Waals surface area contributed by atoms with Gasteiger partial charge >= 0.3 is 0 Å². The van der Waals surface area contributed by atoms with Crippen molar-refractivity contribution in [3.8, 4) is 0 Å². The first-order valence-electron chi connectivity index (χ1n) is 6.61. The van der Waals surface area contributed by atoms with Crippen molar-refractivity contribution in [2.24, 2.45) is 0 Å². The third-order valence-electron chi connectivity index (χ3n) is 3.69. The monoisotopic (exact) mass is 241 g/mol. The van der Waals surface area contributed by atoms with E-state index in [4.69, 9.17) is 0 Å². The first-order valence-corrected chi connectivity index (χ1v) is 6.61. The zero-order valence-corrected chi connectivity index (χ0v) is 10.8. The van der Waals surface area contributed by atoms with Crippen LogP contribution in [0.3, 0.4) is 0 Å². The summed E-state index contributed by atoms with van der Waals surface area (Å²) in [5.41, 5.74) is 2.46.